The number of aromatic nitrogens is 3. The van der Waals surface area contributed by atoms with Crippen LogP contribution in [-0.4, -0.2) is 27.7 Å². The van der Waals surface area contributed by atoms with Gasteiger partial charge >= 0.3 is 5.97 Å². The van der Waals surface area contributed by atoms with Crippen LogP contribution in [0, 0.1) is 13.8 Å². The maximum Gasteiger partial charge on any atom is 0.306 e. The van der Waals surface area contributed by atoms with Crippen LogP contribution in [0.25, 0.3) is 10.6 Å². The second-order valence-electron chi connectivity index (χ2n) is 5.77. The highest BCUT2D eigenvalue weighted by atomic mass is 32.1. The first-order valence-electron chi connectivity index (χ1n) is 8.27. The number of carbonyl (C=O) groups excluding carboxylic acids is 1. The molecule has 3 rings (SSSR count). The molecule has 3 heterocycles. The van der Waals surface area contributed by atoms with Gasteiger partial charge in [-0.15, -0.1) is 32.9 Å². The van der Waals surface area contributed by atoms with Gasteiger partial charge in [-0.05, 0) is 32.4 Å². The highest BCUT2D eigenvalue weighted by molar-refractivity contribution is 7.16. The summed E-state index contributed by atoms with van der Waals surface area (Å²) in [6.07, 6.45) is 0.432. The summed E-state index contributed by atoms with van der Waals surface area (Å²) in [4.78, 5) is 18.9. The third-order valence-electron chi connectivity index (χ3n) is 3.53. The number of aryl methyl sites for hydroxylation is 2. The third-order valence-corrected chi connectivity index (χ3v) is 5.35. The van der Waals surface area contributed by atoms with Gasteiger partial charge in [0.2, 0.25) is 5.89 Å². The van der Waals surface area contributed by atoms with Crippen LogP contribution in [0.1, 0.15) is 42.5 Å². The lowest BCUT2D eigenvalue weighted by Gasteiger charge is -2.09. The fraction of sp³-hybridized carbons (Fsp3) is 0.412. The zero-order chi connectivity index (χ0) is 18.5. The first-order valence-corrected chi connectivity index (χ1v) is 9.96. The van der Waals surface area contributed by atoms with Crippen LogP contribution in [-0.2, 0) is 9.53 Å². The van der Waals surface area contributed by atoms with E-state index in [2.05, 4.69) is 39.6 Å². The lowest BCUT2D eigenvalue weighted by atomic mass is 10.3. The van der Waals surface area contributed by atoms with E-state index in [-0.39, 0.29) is 5.97 Å². The van der Waals surface area contributed by atoms with Crippen molar-refractivity contribution in [3.63, 3.8) is 0 Å². The summed E-state index contributed by atoms with van der Waals surface area (Å²) in [5, 5.41) is 13.7. The number of carbonyl (C=O) groups is 1. The molecule has 7 nitrogen and oxygen atoms in total. The van der Waals surface area contributed by atoms with E-state index < -0.39 is 6.10 Å². The van der Waals surface area contributed by atoms with Crippen molar-refractivity contribution >= 4 is 33.8 Å². The van der Waals surface area contributed by atoms with Gasteiger partial charge in [-0.1, -0.05) is 0 Å². The van der Waals surface area contributed by atoms with Gasteiger partial charge in [0.25, 0.3) is 5.89 Å². The van der Waals surface area contributed by atoms with Crippen LogP contribution in [0.5, 0.6) is 0 Å². The lowest BCUT2D eigenvalue weighted by molar-refractivity contribution is -0.149. The Morgan fingerprint density at radius 3 is 2.88 bits per heavy atom. The maximum absolute atomic E-state index is 11.9. The van der Waals surface area contributed by atoms with Gasteiger partial charge in [0.15, 0.2) is 11.2 Å². The molecule has 0 bridgehead atoms. The summed E-state index contributed by atoms with van der Waals surface area (Å²) in [6, 6.07) is 4.18. The lowest BCUT2D eigenvalue weighted by Crippen LogP contribution is -2.11. The predicted octanol–water partition coefficient (Wildman–Crippen LogP) is 4.37. The van der Waals surface area contributed by atoms with Crippen LogP contribution in [0.3, 0.4) is 0 Å². The van der Waals surface area contributed by atoms with Gasteiger partial charge in [-0.2, -0.15) is 0 Å². The normalized spacial score (nSPS) is 12.1. The number of esters is 1. The smallest absolute Gasteiger partial charge is 0.306 e. The Morgan fingerprint density at radius 1 is 1.35 bits per heavy atom. The van der Waals surface area contributed by atoms with Crippen molar-refractivity contribution in [1.29, 1.82) is 0 Å². The van der Waals surface area contributed by atoms with Crippen LogP contribution < -0.4 is 5.32 Å². The molecule has 0 amide bonds. The molecular formula is C17H20N4O3S2. The number of nitrogens with zero attached hydrogens (tertiary/aromatic N) is 3. The Morgan fingerprint density at radius 2 is 2.19 bits per heavy atom. The molecule has 0 fully saturated rings. The Bertz CT molecular complexity index is 871. The molecular weight excluding hydrogens is 372 g/mol. The van der Waals surface area contributed by atoms with Gasteiger partial charge in [0.05, 0.1) is 10.6 Å². The molecule has 0 aliphatic heterocycles. The molecule has 1 unspecified atom stereocenters. The van der Waals surface area contributed by atoms with Crippen molar-refractivity contribution in [3.05, 3.63) is 34.2 Å². The van der Waals surface area contributed by atoms with Gasteiger partial charge < -0.3 is 14.5 Å². The van der Waals surface area contributed by atoms with E-state index in [0.717, 1.165) is 10.8 Å². The number of anilines is 1. The van der Waals surface area contributed by atoms with Crippen molar-refractivity contribution in [2.45, 2.75) is 39.7 Å². The van der Waals surface area contributed by atoms with Crippen LogP contribution >= 0.6 is 22.7 Å². The zero-order valence-corrected chi connectivity index (χ0v) is 16.4. The molecule has 0 aliphatic rings. The fourth-order valence-corrected chi connectivity index (χ4v) is 3.89. The van der Waals surface area contributed by atoms with Crippen LogP contribution in [0.15, 0.2) is 21.9 Å². The van der Waals surface area contributed by atoms with E-state index in [1.807, 2.05) is 5.38 Å². The Balaban J connectivity index is 1.38. The average molecular weight is 393 g/mol. The minimum Gasteiger partial charge on any atom is -0.453 e. The molecule has 0 spiro atoms. The molecule has 0 radical (unpaired) electrons. The molecule has 0 saturated carbocycles. The summed E-state index contributed by atoms with van der Waals surface area (Å²) in [6.45, 7) is 6.14. The molecule has 26 heavy (non-hydrogen) atoms. The van der Waals surface area contributed by atoms with Crippen molar-refractivity contribution in [3.8, 4) is 10.6 Å². The predicted molar refractivity (Wildman–Crippen MR) is 101 cm³/mol. The van der Waals surface area contributed by atoms with E-state index in [1.165, 1.54) is 9.75 Å². The largest absolute Gasteiger partial charge is 0.453 e. The van der Waals surface area contributed by atoms with Crippen molar-refractivity contribution in [2.24, 2.45) is 0 Å². The van der Waals surface area contributed by atoms with Gasteiger partial charge in [0, 0.05) is 30.1 Å². The monoisotopic (exact) mass is 392 g/mol. The van der Waals surface area contributed by atoms with E-state index in [0.29, 0.717) is 31.2 Å². The van der Waals surface area contributed by atoms with Crippen LogP contribution in [0.2, 0.25) is 0 Å². The molecule has 0 aliphatic carbocycles. The third kappa shape index (κ3) is 4.89. The Kier molecular flexibility index (Phi) is 6.00. The van der Waals surface area contributed by atoms with E-state index in [4.69, 9.17) is 9.15 Å². The summed E-state index contributed by atoms with van der Waals surface area (Å²) in [7, 11) is 0. The number of hydrogen-bond donors (Lipinski definition) is 1. The average Bonchev–Trinajstić information content (AvgIpc) is 3.32. The fourth-order valence-electron chi connectivity index (χ4n) is 2.25. The SMILES string of the molecule is Cc1nnc(C(C)OC(=O)CCCNc2nc(-c3ccc(C)s3)cs2)o1. The van der Waals surface area contributed by atoms with Crippen molar-refractivity contribution in [1.82, 2.24) is 15.2 Å². The molecule has 3 aromatic heterocycles. The van der Waals surface area contributed by atoms with Gasteiger partial charge in [-0.3, -0.25) is 4.79 Å². The minimum atomic E-state index is -0.535. The number of thiazole rings is 1. The van der Waals surface area contributed by atoms with E-state index in [9.17, 15) is 4.79 Å². The Hall–Kier alpha value is -2.26. The number of rotatable bonds is 8. The molecule has 1 N–H and O–H groups in total. The highest BCUT2D eigenvalue weighted by Gasteiger charge is 2.17. The Labute approximate surface area is 159 Å². The maximum atomic E-state index is 11.9. The number of ether oxygens (including phenoxy) is 1. The molecule has 1 atom stereocenters. The summed E-state index contributed by atoms with van der Waals surface area (Å²) in [5.74, 6) is 0.477. The number of hydrogen-bond acceptors (Lipinski definition) is 9. The van der Waals surface area contributed by atoms with E-state index in [1.54, 1.807) is 36.5 Å². The number of nitrogens with one attached hydrogen (secondary N) is 1. The minimum absolute atomic E-state index is 0.288. The second kappa shape index (κ2) is 8.41. The first kappa shape index (κ1) is 18.5. The molecule has 3 aromatic rings. The quantitative estimate of drug-likeness (QED) is 0.450. The summed E-state index contributed by atoms with van der Waals surface area (Å²) < 4.78 is 10.5. The standard InChI is InChI=1S/C17H20N4O3S2/c1-10-6-7-14(26-10)13-9-25-17(19-13)18-8-4-5-15(22)23-11(2)16-21-20-12(3)24-16/h6-7,9,11H,4-5,8H2,1-3H3,(H,18,19). The van der Waals surface area contributed by atoms with Gasteiger partial charge in [-0.25, -0.2) is 4.98 Å². The van der Waals surface area contributed by atoms with Gasteiger partial charge in [0.1, 0.15) is 0 Å². The van der Waals surface area contributed by atoms with Crippen LogP contribution in [0.4, 0.5) is 5.13 Å². The molecule has 0 saturated heterocycles. The van der Waals surface area contributed by atoms with E-state index >= 15 is 0 Å². The highest BCUT2D eigenvalue weighted by Crippen LogP contribution is 2.30. The summed E-state index contributed by atoms with van der Waals surface area (Å²) in [5.41, 5.74) is 0.985. The topological polar surface area (TPSA) is 90.1 Å². The first-order chi connectivity index (χ1) is 12.5. The van der Waals surface area contributed by atoms with Crippen molar-refractivity contribution in [2.75, 3.05) is 11.9 Å². The molecule has 0 aromatic carbocycles. The van der Waals surface area contributed by atoms with Crippen molar-refractivity contribution < 1.29 is 13.9 Å². The number of thiophene rings is 1. The second-order valence-corrected chi connectivity index (χ2v) is 7.92. The zero-order valence-electron chi connectivity index (χ0n) is 14.8. The summed E-state index contributed by atoms with van der Waals surface area (Å²) >= 11 is 3.29. The molecule has 9 heteroatoms. The molecule has 138 valence electrons.